The summed E-state index contributed by atoms with van der Waals surface area (Å²) in [5, 5.41) is 11.7. The summed E-state index contributed by atoms with van der Waals surface area (Å²) in [4.78, 5) is 26.6. The Morgan fingerprint density at radius 3 is 2.75 bits per heavy atom. The van der Waals surface area contributed by atoms with E-state index < -0.39 is 23.7 Å². The van der Waals surface area contributed by atoms with Gasteiger partial charge in [0.1, 0.15) is 17.6 Å². The van der Waals surface area contributed by atoms with Crippen LogP contribution in [0.3, 0.4) is 0 Å². The Bertz CT molecular complexity index is 703. The van der Waals surface area contributed by atoms with Crippen molar-refractivity contribution >= 4 is 28.3 Å². The molecule has 0 aliphatic carbocycles. The van der Waals surface area contributed by atoms with E-state index in [-0.39, 0.29) is 16.8 Å². The summed E-state index contributed by atoms with van der Waals surface area (Å²) in [6.45, 7) is 1.32. The number of rotatable bonds is 3. The quantitative estimate of drug-likeness (QED) is 0.730. The molecule has 0 aliphatic heterocycles. The second-order valence-electron chi connectivity index (χ2n) is 4.28. The molecule has 104 valence electrons. The van der Waals surface area contributed by atoms with Crippen LogP contribution in [0.2, 0.25) is 0 Å². The number of nitrogens with two attached hydrogens (primary N) is 1. The van der Waals surface area contributed by atoms with Crippen LogP contribution < -0.4 is 11.1 Å². The van der Waals surface area contributed by atoms with Crippen LogP contribution in [0.15, 0.2) is 24.4 Å². The first kappa shape index (κ1) is 13.7. The van der Waals surface area contributed by atoms with E-state index in [1.165, 1.54) is 13.1 Å². The lowest BCUT2D eigenvalue weighted by atomic mass is 10.1. The number of amides is 1. The Hall–Kier alpha value is -2.70. The van der Waals surface area contributed by atoms with Gasteiger partial charge in [0.05, 0.1) is 0 Å². The molecule has 2 aromatic rings. The fourth-order valence-corrected chi connectivity index (χ4v) is 1.78. The van der Waals surface area contributed by atoms with Crippen LogP contribution >= 0.6 is 0 Å². The fourth-order valence-electron chi connectivity index (χ4n) is 1.78. The van der Waals surface area contributed by atoms with E-state index in [0.717, 1.165) is 12.1 Å². The number of halogens is 1. The molecule has 4 N–H and O–H groups in total. The molecule has 0 spiro atoms. The molecule has 6 nitrogen and oxygen atoms in total. The van der Waals surface area contributed by atoms with Crippen LogP contribution in [-0.4, -0.2) is 28.0 Å². The largest absolute Gasteiger partial charge is 0.480 e. The maximum absolute atomic E-state index is 13.4. The Kier molecular flexibility index (Phi) is 3.51. The highest BCUT2D eigenvalue weighted by Crippen LogP contribution is 2.24. The zero-order valence-electron chi connectivity index (χ0n) is 10.6. The number of carbonyl (C=O) groups excluding carboxylic acids is 1. The minimum atomic E-state index is -1.18. The van der Waals surface area contributed by atoms with Gasteiger partial charge in [0.15, 0.2) is 0 Å². The molecule has 0 fully saturated rings. The van der Waals surface area contributed by atoms with Gasteiger partial charge in [-0.2, -0.15) is 0 Å². The molecular weight excluding hydrogens is 265 g/mol. The number of carbonyl (C=O) groups is 2. The lowest BCUT2D eigenvalue weighted by Crippen LogP contribution is -2.38. The summed E-state index contributed by atoms with van der Waals surface area (Å²) in [7, 11) is 0. The third-order valence-corrected chi connectivity index (χ3v) is 2.81. The molecular formula is C13H12FN3O3. The van der Waals surface area contributed by atoms with Gasteiger partial charge in [0.2, 0.25) is 0 Å². The lowest BCUT2D eigenvalue weighted by molar-refractivity contribution is -0.138. The van der Waals surface area contributed by atoms with E-state index in [1.807, 2.05) is 0 Å². The van der Waals surface area contributed by atoms with Crippen LogP contribution in [0.25, 0.3) is 10.8 Å². The maximum Gasteiger partial charge on any atom is 0.325 e. The molecule has 7 heteroatoms. The van der Waals surface area contributed by atoms with Crippen molar-refractivity contribution in [1.29, 1.82) is 0 Å². The van der Waals surface area contributed by atoms with Crippen LogP contribution in [0, 0.1) is 5.82 Å². The summed E-state index contributed by atoms with van der Waals surface area (Å²) >= 11 is 0. The smallest absolute Gasteiger partial charge is 0.325 e. The van der Waals surface area contributed by atoms with Crippen molar-refractivity contribution in [2.45, 2.75) is 13.0 Å². The number of carboxylic acids is 1. The van der Waals surface area contributed by atoms with Gasteiger partial charge in [-0.3, -0.25) is 14.6 Å². The topological polar surface area (TPSA) is 105 Å². The Morgan fingerprint density at radius 1 is 1.40 bits per heavy atom. The number of pyridine rings is 1. The van der Waals surface area contributed by atoms with Gasteiger partial charge in [-0.05, 0) is 25.1 Å². The van der Waals surface area contributed by atoms with Gasteiger partial charge >= 0.3 is 5.97 Å². The average molecular weight is 277 g/mol. The summed E-state index contributed by atoms with van der Waals surface area (Å²) in [6, 6.07) is 2.76. The van der Waals surface area contributed by atoms with Gasteiger partial charge < -0.3 is 16.2 Å². The maximum atomic E-state index is 13.4. The van der Waals surface area contributed by atoms with E-state index in [4.69, 9.17) is 10.8 Å². The molecule has 0 aliphatic rings. The highest BCUT2D eigenvalue weighted by atomic mass is 19.1. The number of hydrogen-bond donors (Lipinski definition) is 3. The number of hydrogen-bond acceptors (Lipinski definition) is 4. The lowest BCUT2D eigenvalue weighted by Gasteiger charge is -2.11. The number of nitrogen functional groups attached to an aromatic ring is 1. The Labute approximate surface area is 113 Å². The highest BCUT2D eigenvalue weighted by Gasteiger charge is 2.19. The van der Waals surface area contributed by atoms with E-state index in [9.17, 15) is 14.0 Å². The summed E-state index contributed by atoms with van der Waals surface area (Å²) in [5.74, 6) is -2.47. The predicted molar refractivity (Wildman–Crippen MR) is 70.7 cm³/mol. The molecule has 1 aromatic heterocycles. The normalized spacial score (nSPS) is 12.1. The molecule has 20 heavy (non-hydrogen) atoms. The Balaban J connectivity index is 2.49. The van der Waals surface area contributed by atoms with Crippen LogP contribution in [0.4, 0.5) is 10.1 Å². The van der Waals surface area contributed by atoms with Crippen molar-refractivity contribution < 1.29 is 19.1 Å². The minimum Gasteiger partial charge on any atom is -0.480 e. The zero-order valence-corrected chi connectivity index (χ0v) is 10.6. The number of carboxylic acid groups (broad SMARTS) is 1. The van der Waals surface area contributed by atoms with Crippen molar-refractivity contribution in [2.24, 2.45) is 0 Å². The average Bonchev–Trinajstić information content (AvgIpc) is 2.37. The molecule has 1 aromatic carbocycles. The van der Waals surface area contributed by atoms with Crippen LogP contribution in [0.1, 0.15) is 17.4 Å². The first-order valence-corrected chi connectivity index (χ1v) is 5.77. The number of nitrogens with one attached hydrogen (secondary N) is 1. The fraction of sp³-hybridized carbons (Fsp3) is 0.154. The number of aliphatic carboxylic acids is 1. The minimum absolute atomic E-state index is 0.0678. The number of benzene rings is 1. The summed E-state index contributed by atoms with van der Waals surface area (Å²) < 4.78 is 13.4. The van der Waals surface area contributed by atoms with Gasteiger partial charge in [-0.1, -0.05) is 0 Å². The second-order valence-corrected chi connectivity index (χ2v) is 4.28. The van der Waals surface area contributed by atoms with Crippen LogP contribution in [-0.2, 0) is 4.79 Å². The SMILES string of the molecule is CC(NC(=O)c1nccc2c(N)cc(F)cc12)C(=O)O. The molecule has 2 rings (SSSR count). The summed E-state index contributed by atoms with van der Waals surface area (Å²) in [6.07, 6.45) is 1.36. The van der Waals surface area contributed by atoms with Crippen molar-refractivity contribution in [3.8, 4) is 0 Å². The van der Waals surface area contributed by atoms with Gasteiger partial charge in [0, 0.05) is 22.7 Å². The monoisotopic (exact) mass is 277 g/mol. The molecule has 1 amide bonds. The predicted octanol–water partition coefficient (Wildman–Crippen LogP) is 1.16. The molecule has 0 radical (unpaired) electrons. The number of nitrogens with zero attached hydrogens (tertiary/aromatic N) is 1. The number of anilines is 1. The first-order chi connectivity index (χ1) is 9.40. The Morgan fingerprint density at radius 2 is 2.10 bits per heavy atom. The van der Waals surface area contributed by atoms with Crippen molar-refractivity contribution in [3.63, 3.8) is 0 Å². The van der Waals surface area contributed by atoms with Gasteiger partial charge in [-0.25, -0.2) is 4.39 Å². The third-order valence-electron chi connectivity index (χ3n) is 2.81. The van der Waals surface area contributed by atoms with E-state index in [0.29, 0.717) is 5.39 Å². The molecule has 1 heterocycles. The first-order valence-electron chi connectivity index (χ1n) is 5.77. The molecule has 1 unspecified atom stereocenters. The van der Waals surface area contributed by atoms with E-state index >= 15 is 0 Å². The molecule has 0 saturated heterocycles. The van der Waals surface area contributed by atoms with Gasteiger partial charge in [-0.15, -0.1) is 0 Å². The van der Waals surface area contributed by atoms with E-state index in [2.05, 4.69) is 10.3 Å². The number of aromatic nitrogens is 1. The van der Waals surface area contributed by atoms with Crippen LogP contribution in [0.5, 0.6) is 0 Å². The second kappa shape index (κ2) is 5.12. The molecule has 0 bridgehead atoms. The van der Waals surface area contributed by atoms with Gasteiger partial charge in [0.25, 0.3) is 5.91 Å². The molecule has 1 atom stereocenters. The highest BCUT2D eigenvalue weighted by molar-refractivity contribution is 6.08. The number of fused-ring (bicyclic) bond motifs is 1. The van der Waals surface area contributed by atoms with Crippen molar-refractivity contribution in [1.82, 2.24) is 10.3 Å². The standard InChI is InChI=1S/C13H12FN3O3/c1-6(13(19)20)17-12(18)11-9-4-7(14)5-10(15)8(9)2-3-16-11/h2-6H,15H2,1H3,(H,17,18)(H,19,20). The molecule has 0 saturated carbocycles. The zero-order chi connectivity index (χ0) is 14.9. The van der Waals surface area contributed by atoms with Crippen molar-refractivity contribution in [2.75, 3.05) is 5.73 Å². The van der Waals surface area contributed by atoms with E-state index in [1.54, 1.807) is 6.07 Å². The van der Waals surface area contributed by atoms with Crippen molar-refractivity contribution in [3.05, 3.63) is 35.9 Å². The summed E-state index contributed by atoms with van der Waals surface area (Å²) in [5.41, 5.74) is 5.80. The third kappa shape index (κ3) is 2.51.